The molecule has 2 N–H and O–H groups in total. The van der Waals surface area contributed by atoms with Crippen molar-refractivity contribution in [3.05, 3.63) is 91.9 Å². The van der Waals surface area contributed by atoms with Gasteiger partial charge in [0, 0.05) is 15.1 Å². The van der Waals surface area contributed by atoms with Crippen LogP contribution in [0.5, 0.6) is 5.75 Å². The van der Waals surface area contributed by atoms with Crippen LogP contribution in [-0.2, 0) is 14.4 Å². The van der Waals surface area contributed by atoms with Crippen LogP contribution in [0.3, 0.4) is 0 Å². The first-order valence-electron chi connectivity index (χ1n) is 10.8. The van der Waals surface area contributed by atoms with Gasteiger partial charge in [-0.1, -0.05) is 57.3 Å². The van der Waals surface area contributed by atoms with E-state index in [9.17, 15) is 19.2 Å². The summed E-state index contributed by atoms with van der Waals surface area (Å²) >= 11 is 15.6. The molecule has 0 aromatic heterocycles. The number of aryl methyl sites for hydroxylation is 1. The summed E-state index contributed by atoms with van der Waals surface area (Å²) in [6.45, 7) is 1.41. The molecule has 3 aromatic rings. The highest BCUT2D eigenvalue weighted by Crippen LogP contribution is 2.30. The maximum atomic E-state index is 13.2. The first-order chi connectivity index (χ1) is 17.6. The minimum absolute atomic E-state index is 0.207. The van der Waals surface area contributed by atoms with E-state index in [4.69, 9.17) is 27.9 Å². The average molecular weight is 603 g/mol. The number of urea groups is 1. The summed E-state index contributed by atoms with van der Waals surface area (Å²) in [6.07, 6.45) is 1.29. The van der Waals surface area contributed by atoms with Gasteiger partial charge in [-0.25, -0.2) is 9.69 Å². The standard InChI is InChI=1S/C26H18BrCl2N3O5/c1-14-6-8-17(12-20(14)29)32-25(35)18(24(34)31-26(32)36)11-15-10-16(27)7-9-22(15)37-13-23(33)30-21-5-3-2-4-19(21)28/h2-12H,13H2,1H3,(H,30,33)(H,31,34,36)/b18-11+. The molecule has 0 saturated carbocycles. The molecule has 1 heterocycles. The number of hydrogen-bond acceptors (Lipinski definition) is 5. The molecule has 0 unspecified atom stereocenters. The maximum Gasteiger partial charge on any atom is 0.335 e. The fraction of sp³-hybridized carbons (Fsp3) is 0.0769. The van der Waals surface area contributed by atoms with Crippen LogP contribution in [0, 0.1) is 6.92 Å². The number of halogens is 3. The molecule has 11 heteroatoms. The summed E-state index contributed by atoms with van der Waals surface area (Å²) in [5.74, 6) is -1.94. The number of nitrogens with zero attached hydrogens (tertiary/aromatic N) is 1. The lowest BCUT2D eigenvalue weighted by Gasteiger charge is -2.26. The van der Waals surface area contributed by atoms with E-state index in [-0.39, 0.29) is 23.6 Å². The first kappa shape index (κ1) is 26.4. The van der Waals surface area contributed by atoms with E-state index in [1.165, 1.54) is 12.1 Å². The van der Waals surface area contributed by atoms with Gasteiger partial charge in [-0.05, 0) is 61.0 Å². The number of para-hydroxylation sites is 1. The molecule has 188 valence electrons. The van der Waals surface area contributed by atoms with Crippen molar-refractivity contribution in [2.24, 2.45) is 0 Å². The minimum Gasteiger partial charge on any atom is -0.483 e. The average Bonchev–Trinajstić information content (AvgIpc) is 2.84. The van der Waals surface area contributed by atoms with Crippen LogP contribution in [0.25, 0.3) is 6.08 Å². The highest BCUT2D eigenvalue weighted by atomic mass is 79.9. The molecule has 5 amide bonds. The van der Waals surface area contributed by atoms with Crippen molar-refractivity contribution in [2.75, 3.05) is 16.8 Å². The summed E-state index contributed by atoms with van der Waals surface area (Å²) in [5, 5.41) is 5.55. The zero-order valence-electron chi connectivity index (χ0n) is 19.2. The van der Waals surface area contributed by atoms with Gasteiger partial charge in [0.1, 0.15) is 11.3 Å². The third kappa shape index (κ3) is 6.02. The monoisotopic (exact) mass is 601 g/mol. The number of hydrogen-bond donors (Lipinski definition) is 2. The van der Waals surface area contributed by atoms with Crippen LogP contribution in [0.15, 0.2) is 70.7 Å². The molecular formula is C26H18BrCl2N3O5. The Bertz CT molecular complexity index is 1470. The molecule has 37 heavy (non-hydrogen) atoms. The van der Waals surface area contributed by atoms with E-state index >= 15 is 0 Å². The number of benzene rings is 3. The number of ether oxygens (including phenoxy) is 1. The van der Waals surface area contributed by atoms with Crippen molar-refractivity contribution >= 4 is 80.3 Å². The zero-order chi connectivity index (χ0) is 26.7. The Morgan fingerprint density at radius 3 is 2.54 bits per heavy atom. The Balaban J connectivity index is 1.60. The number of barbiturate groups is 1. The fourth-order valence-corrected chi connectivity index (χ4v) is 4.16. The molecule has 1 fully saturated rings. The van der Waals surface area contributed by atoms with Crippen molar-refractivity contribution in [1.29, 1.82) is 0 Å². The van der Waals surface area contributed by atoms with Gasteiger partial charge in [-0.15, -0.1) is 0 Å². The molecule has 3 aromatic carbocycles. The molecule has 0 radical (unpaired) electrons. The van der Waals surface area contributed by atoms with Crippen molar-refractivity contribution < 1.29 is 23.9 Å². The zero-order valence-corrected chi connectivity index (χ0v) is 22.3. The Hall–Kier alpha value is -3.66. The van der Waals surface area contributed by atoms with E-state index in [0.717, 1.165) is 10.5 Å². The molecule has 0 spiro atoms. The normalized spacial score (nSPS) is 14.5. The second kappa shape index (κ2) is 11.2. The summed E-state index contributed by atoms with van der Waals surface area (Å²) in [5.41, 5.74) is 1.42. The second-order valence-electron chi connectivity index (χ2n) is 7.89. The second-order valence-corrected chi connectivity index (χ2v) is 9.62. The number of imide groups is 2. The fourth-order valence-electron chi connectivity index (χ4n) is 3.42. The van der Waals surface area contributed by atoms with E-state index in [1.54, 1.807) is 61.5 Å². The predicted molar refractivity (Wildman–Crippen MR) is 145 cm³/mol. The highest BCUT2D eigenvalue weighted by molar-refractivity contribution is 9.10. The molecule has 8 nitrogen and oxygen atoms in total. The molecule has 1 aliphatic heterocycles. The molecule has 0 atom stereocenters. The van der Waals surface area contributed by atoms with E-state index in [2.05, 4.69) is 26.6 Å². The lowest BCUT2D eigenvalue weighted by molar-refractivity contribution is -0.122. The van der Waals surface area contributed by atoms with Gasteiger partial charge in [-0.3, -0.25) is 19.7 Å². The lowest BCUT2D eigenvalue weighted by atomic mass is 10.1. The number of rotatable bonds is 6. The van der Waals surface area contributed by atoms with E-state index < -0.39 is 23.8 Å². The van der Waals surface area contributed by atoms with Gasteiger partial charge in [0.05, 0.1) is 16.4 Å². The van der Waals surface area contributed by atoms with Gasteiger partial charge in [0.15, 0.2) is 6.61 Å². The molecule has 1 aliphatic rings. The van der Waals surface area contributed by atoms with Gasteiger partial charge >= 0.3 is 6.03 Å². The van der Waals surface area contributed by atoms with Crippen LogP contribution in [0.4, 0.5) is 16.2 Å². The predicted octanol–water partition coefficient (Wildman–Crippen LogP) is 5.75. The molecule has 0 aliphatic carbocycles. The summed E-state index contributed by atoms with van der Waals surface area (Å²) in [7, 11) is 0. The molecular weight excluding hydrogens is 585 g/mol. The van der Waals surface area contributed by atoms with Gasteiger partial charge < -0.3 is 10.1 Å². The third-order valence-corrected chi connectivity index (χ3v) is 6.52. The van der Waals surface area contributed by atoms with Crippen LogP contribution < -0.4 is 20.3 Å². The summed E-state index contributed by atoms with van der Waals surface area (Å²) in [6, 6.07) is 15.4. The SMILES string of the molecule is Cc1ccc(N2C(=O)NC(=O)/C(=C\c3cc(Br)ccc3OCC(=O)Nc3ccccc3Cl)C2=O)cc1Cl. The summed E-state index contributed by atoms with van der Waals surface area (Å²) in [4.78, 5) is 51.6. The van der Waals surface area contributed by atoms with E-state index in [1.807, 2.05) is 0 Å². The van der Waals surface area contributed by atoms with Crippen LogP contribution in [0.1, 0.15) is 11.1 Å². The minimum atomic E-state index is -0.894. The number of carbonyl (C=O) groups excluding carboxylic acids is 4. The Kier molecular flexibility index (Phi) is 7.97. The largest absolute Gasteiger partial charge is 0.483 e. The van der Waals surface area contributed by atoms with Crippen LogP contribution in [-0.4, -0.2) is 30.4 Å². The molecule has 0 bridgehead atoms. The van der Waals surface area contributed by atoms with Crippen LogP contribution >= 0.6 is 39.1 Å². The molecule has 1 saturated heterocycles. The Labute approximate surface area is 230 Å². The Morgan fingerprint density at radius 1 is 1.05 bits per heavy atom. The van der Waals surface area contributed by atoms with Gasteiger partial charge in [0.25, 0.3) is 17.7 Å². The number of anilines is 2. The number of amides is 5. The number of carbonyl (C=O) groups is 4. The van der Waals surface area contributed by atoms with Gasteiger partial charge in [0.2, 0.25) is 0 Å². The first-order valence-corrected chi connectivity index (χ1v) is 12.3. The Morgan fingerprint density at radius 2 is 1.81 bits per heavy atom. The van der Waals surface area contributed by atoms with Crippen molar-refractivity contribution in [3.8, 4) is 5.75 Å². The highest BCUT2D eigenvalue weighted by Gasteiger charge is 2.37. The van der Waals surface area contributed by atoms with E-state index in [0.29, 0.717) is 25.8 Å². The topological polar surface area (TPSA) is 105 Å². The van der Waals surface area contributed by atoms with Crippen molar-refractivity contribution in [1.82, 2.24) is 5.32 Å². The maximum absolute atomic E-state index is 13.2. The summed E-state index contributed by atoms with van der Waals surface area (Å²) < 4.78 is 6.31. The molecule has 4 rings (SSSR count). The lowest BCUT2D eigenvalue weighted by Crippen LogP contribution is -2.54. The quantitative estimate of drug-likeness (QED) is 0.276. The van der Waals surface area contributed by atoms with Gasteiger partial charge in [-0.2, -0.15) is 0 Å². The number of nitrogens with one attached hydrogen (secondary N) is 2. The van der Waals surface area contributed by atoms with Crippen molar-refractivity contribution in [3.63, 3.8) is 0 Å². The third-order valence-electron chi connectivity index (χ3n) is 5.29. The van der Waals surface area contributed by atoms with Crippen molar-refractivity contribution in [2.45, 2.75) is 6.92 Å². The smallest absolute Gasteiger partial charge is 0.335 e. The van der Waals surface area contributed by atoms with Crippen LogP contribution in [0.2, 0.25) is 10.0 Å².